The molecule has 2 aliphatic heterocycles. The number of hydrogen-bond donors (Lipinski definition) is 1. The fourth-order valence-electron chi connectivity index (χ4n) is 3.95. The van der Waals surface area contributed by atoms with Crippen LogP contribution >= 0.6 is 0 Å². The van der Waals surface area contributed by atoms with E-state index in [9.17, 15) is 4.79 Å². The molecule has 0 spiro atoms. The van der Waals surface area contributed by atoms with Crippen molar-refractivity contribution in [2.24, 2.45) is 0 Å². The number of nitrogens with one attached hydrogen (secondary N) is 1. The fraction of sp³-hybridized carbons (Fsp3) is 0.391. The van der Waals surface area contributed by atoms with Crippen LogP contribution in [0.5, 0.6) is 11.5 Å². The van der Waals surface area contributed by atoms with E-state index in [4.69, 9.17) is 19.2 Å². The molecule has 1 N–H and O–H groups in total. The largest absolute Gasteiger partial charge is 0.454 e. The van der Waals surface area contributed by atoms with E-state index in [1.807, 2.05) is 35.4 Å². The average Bonchev–Trinajstić information content (AvgIpc) is 3.54. The highest BCUT2D eigenvalue weighted by molar-refractivity contribution is 5.85. The number of imidazole rings is 1. The van der Waals surface area contributed by atoms with Crippen molar-refractivity contribution in [3.8, 4) is 17.4 Å². The molecule has 1 saturated heterocycles. The quantitative estimate of drug-likeness (QED) is 0.582. The summed E-state index contributed by atoms with van der Waals surface area (Å²) >= 11 is 0. The number of hydrogen-bond acceptors (Lipinski definition) is 8. The minimum Gasteiger partial charge on any atom is -0.454 e. The highest BCUT2D eigenvalue weighted by atomic mass is 16.7. The lowest BCUT2D eigenvalue weighted by atomic mass is 10.1. The second kappa shape index (κ2) is 9.45. The van der Waals surface area contributed by atoms with E-state index in [0.717, 1.165) is 29.8 Å². The number of fused-ring (bicyclic) bond motifs is 1. The van der Waals surface area contributed by atoms with Gasteiger partial charge in [0.15, 0.2) is 11.5 Å². The summed E-state index contributed by atoms with van der Waals surface area (Å²) in [5.74, 6) is 2.55. The summed E-state index contributed by atoms with van der Waals surface area (Å²) in [5.41, 5.74) is 1.86. The zero-order valence-corrected chi connectivity index (χ0v) is 18.4. The van der Waals surface area contributed by atoms with E-state index >= 15 is 0 Å². The fourth-order valence-corrected chi connectivity index (χ4v) is 3.95. The number of amides is 1. The summed E-state index contributed by atoms with van der Waals surface area (Å²) in [6.07, 6.45) is 6.95. The molecule has 10 nitrogen and oxygen atoms in total. The summed E-state index contributed by atoms with van der Waals surface area (Å²) in [6.45, 7) is 4.10. The zero-order valence-electron chi connectivity index (χ0n) is 18.4. The number of benzene rings is 1. The van der Waals surface area contributed by atoms with Crippen molar-refractivity contribution in [3.63, 3.8) is 0 Å². The van der Waals surface area contributed by atoms with Crippen LogP contribution in [0.15, 0.2) is 43.0 Å². The molecular formula is C23H26N6O4. The predicted molar refractivity (Wildman–Crippen MR) is 120 cm³/mol. The molecule has 5 rings (SSSR count). The molecule has 1 fully saturated rings. The second-order valence-electron chi connectivity index (χ2n) is 7.93. The molecule has 2 aliphatic rings. The number of rotatable bonds is 7. The number of ether oxygens (including phenoxy) is 3. The maximum Gasteiger partial charge on any atom is 0.245 e. The number of carbonyl (C=O) groups is 1. The van der Waals surface area contributed by atoms with E-state index in [2.05, 4.69) is 22.2 Å². The van der Waals surface area contributed by atoms with Gasteiger partial charge >= 0.3 is 0 Å². The van der Waals surface area contributed by atoms with E-state index in [1.54, 1.807) is 17.1 Å². The van der Waals surface area contributed by atoms with E-state index in [-0.39, 0.29) is 12.7 Å². The molecule has 1 amide bonds. The first-order chi connectivity index (χ1) is 16.2. The SMILES string of the molecule is CCCc1cc(N2CCOCC2C(=O)NCc2ccc3c(c2)OCO3)nc(-n2ccnc2)n1. The van der Waals surface area contributed by atoms with Crippen molar-refractivity contribution in [1.29, 1.82) is 0 Å². The van der Waals surface area contributed by atoms with Gasteiger partial charge in [0.25, 0.3) is 0 Å². The summed E-state index contributed by atoms with van der Waals surface area (Å²) in [7, 11) is 0. The second-order valence-corrected chi connectivity index (χ2v) is 7.93. The van der Waals surface area contributed by atoms with Crippen LogP contribution in [-0.4, -0.2) is 58.0 Å². The van der Waals surface area contributed by atoms with Gasteiger partial charge in [-0.25, -0.2) is 9.97 Å². The van der Waals surface area contributed by atoms with Gasteiger partial charge in [-0.2, -0.15) is 4.98 Å². The Kier molecular flexibility index (Phi) is 6.07. The standard InChI is InChI=1S/C23H26N6O4/c1-2-3-17-11-21(27-23(26-17)28-7-6-24-14-28)29-8-9-31-13-18(29)22(30)25-12-16-4-5-19-20(10-16)33-15-32-19/h4-7,10-11,14,18H,2-3,8-9,12-13,15H2,1H3,(H,25,30). The van der Waals surface area contributed by atoms with Gasteiger partial charge in [0.1, 0.15) is 18.2 Å². The van der Waals surface area contributed by atoms with Crippen molar-refractivity contribution >= 4 is 11.7 Å². The molecule has 0 bridgehead atoms. The lowest BCUT2D eigenvalue weighted by Crippen LogP contribution is -2.54. The summed E-state index contributed by atoms with van der Waals surface area (Å²) in [5, 5.41) is 3.03. The summed E-state index contributed by atoms with van der Waals surface area (Å²) in [6, 6.07) is 7.13. The number of aryl methyl sites for hydroxylation is 1. The van der Waals surface area contributed by atoms with Crippen LogP contribution in [0, 0.1) is 0 Å². The van der Waals surface area contributed by atoms with Crippen LogP contribution in [0.25, 0.3) is 5.95 Å². The predicted octanol–water partition coefficient (Wildman–Crippen LogP) is 1.87. The Hall–Kier alpha value is -3.66. The van der Waals surface area contributed by atoms with Gasteiger partial charge < -0.3 is 24.4 Å². The Morgan fingerprint density at radius 2 is 2.12 bits per heavy atom. The molecule has 172 valence electrons. The number of carbonyl (C=O) groups excluding carboxylic acids is 1. The first kappa shape index (κ1) is 21.2. The van der Waals surface area contributed by atoms with Crippen LogP contribution < -0.4 is 19.7 Å². The molecule has 0 aliphatic carbocycles. The third-order valence-corrected chi connectivity index (χ3v) is 5.62. The monoisotopic (exact) mass is 450 g/mol. The maximum absolute atomic E-state index is 13.2. The molecule has 1 unspecified atom stereocenters. The lowest BCUT2D eigenvalue weighted by Gasteiger charge is -2.35. The van der Waals surface area contributed by atoms with Crippen LogP contribution in [0.2, 0.25) is 0 Å². The highest BCUT2D eigenvalue weighted by Gasteiger charge is 2.31. The Bertz CT molecular complexity index is 1120. The third-order valence-electron chi connectivity index (χ3n) is 5.62. The molecule has 1 aromatic carbocycles. The van der Waals surface area contributed by atoms with Crippen LogP contribution in [0.4, 0.5) is 5.82 Å². The highest BCUT2D eigenvalue weighted by Crippen LogP contribution is 2.32. The number of anilines is 1. The molecule has 2 aromatic heterocycles. The zero-order chi connectivity index (χ0) is 22.6. The van der Waals surface area contributed by atoms with Crippen molar-refractivity contribution in [2.45, 2.75) is 32.4 Å². The average molecular weight is 450 g/mol. The van der Waals surface area contributed by atoms with Crippen molar-refractivity contribution in [1.82, 2.24) is 24.8 Å². The molecule has 3 aromatic rings. The lowest BCUT2D eigenvalue weighted by molar-refractivity contribution is -0.124. The Labute approximate surface area is 191 Å². The van der Waals surface area contributed by atoms with Crippen LogP contribution in [-0.2, 0) is 22.5 Å². The van der Waals surface area contributed by atoms with E-state index < -0.39 is 6.04 Å². The first-order valence-corrected chi connectivity index (χ1v) is 11.1. The molecule has 33 heavy (non-hydrogen) atoms. The third kappa shape index (κ3) is 4.61. The molecule has 0 saturated carbocycles. The Balaban J connectivity index is 1.35. The van der Waals surface area contributed by atoms with E-state index in [1.165, 1.54) is 0 Å². The molecule has 4 heterocycles. The minimum atomic E-state index is -0.493. The summed E-state index contributed by atoms with van der Waals surface area (Å²) in [4.78, 5) is 28.7. The maximum atomic E-state index is 13.2. The number of morpholine rings is 1. The van der Waals surface area contributed by atoms with Gasteiger partial charge in [-0.3, -0.25) is 9.36 Å². The molecule has 10 heteroatoms. The van der Waals surface area contributed by atoms with Gasteiger partial charge in [0, 0.05) is 37.2 Å². The summed E-state index contributed by atoms with van der Waals surface area (Å²) < 4.78 is 18.2. The van der Waals surface area contributed by atoms with Crippen molar-refractivity contribution < 1.29 is 19.0 Å². The minimum absolute atomic E-state index is 0.118. The van der Waals surface area contributed by atoms with Gasteiger partial charge in [-0.1, -0.05) is 19.4 Å². The molecular weight excluding hydrogens is 424 g/mol. The Morgan fingerprint density at radius 3 is 2.97 bits per heavy atom. The number of aromatic nitrogens is 4. The number of nitrogens with zero attached hydrogens (tertiary/aromatic N) is 5. The first-order valence-electron chi connectivity index (χ1n) is 11.1. The van der Waals surface area contributed by atoms with Gasteiger partial charge in [0.05, 0.1) is 13.2 Å². The van der Waals surface area contributed by atoms with Gasteiger partial charge in [-0.15, -0.1) is 0 Å². The topological polar surface area (TPSA) is 104 Å². The Morgan fingerprint density at radius 1 is 1.21 bits per heavy atom. The van der Waals surface area contributed by atoms with E-state index in [0.29, 0.717) is 43.8 Å². The smallest absolute Gasteiger partial charge is 0.245 e. The van der Waals surface area contributed by atoms with Crippen LogP contribution in [0.1, 0.15) is 24.6 Å². The molecule has 1 atom stereocenters. The van der Waals surface area contributed by atoms with Gasteiger partial charge in [0.2, 0.25) is 18.6 Å². The van der Waals surface area contributed by atoms with Crippen molar-refractivity contribution in [3.05, 3.63) is 54.2 Å². The normalized spacial score (nSPS) is 17.2. The van der Waals surface area contributed by atoms with Crippen molar-refractivity contribution in [2.75, 3.05) is 31.5 Å². The van der Waals surface area contributed by atoms with Crippen LogP contribution in [0.3, 0.4) is 0 Å². The molecule has 0 radical (unpaired) electrons. The van der Waals surface area contributed by atoms with Gasteiger partial charge in [-0.05, 0) is 24.1 Å².